The van der Waals surface area contributed by atoms with Gasteiger partial charge in [-0.25, -0.2) is 0 Å². The van der Waals surface area contributed by atoms with E-state index in [1.165, 1.54) is 28.7 Å². The molecule has 4 bridgehead atoms. The molecule has 0 spiro atoms. The zero-order valence-corrected chi connectivity index (χ0v) is 15.5. The van der Waals surface area contributed by atoms with Crippen LogP contribution in [0.25, 0.3) is 0 Å². The van der Waals surface area contributed by atoms with Gasteiger partial charge in [0.15, 0.2) is 0 Å². The Morgan fingerprint density at radius 1 is 0.852 bits per heavy atom. The van der Waals surface area contributed by atoms with Gasteiger partial charge in [-0.05, 0) is 59.3 Å². The first kappa shape index (κ1) is 15.7. The van der Waals surface area contributed by atoms with Crippen LogP contribution < -0.4 is 5.32 Å². The van der Waals surface area contributed by atoms with Crippen molar-refractivity contribution in [1.29, 1.82) is 0 Å². The van der Waals surface area contributed by atoms with Crippen molar-refractivity contribution in [3.63, 3.8) is 0 Å². The van der Waals surface area contributed by atoms with Gasteiger partial charge < -0.3 is 5.32 Å². The number of amides is 1. The molecule has 2 aromatic rings. The second-order valence-corrected chi connectivity index (χ2v) is 8.92. The molecule has 0 unspecified atom stereocenters. The Bertz CT molecular complexity index is 897. The van der Waals surface area contributed by atoms with Crippen molar-refractivity contribution >= 4 is 5.91 Å². The molecule has 136 valence electrons. The Labute approximate surface area is 160 Å². The highest BCUT2D eigenvalue weighted by atomic mass is 16.1. The van der Waals surface area contributed by atoms with E-state index in [1.54, 1.807) is 0 Å². The van der Waals surface area contributed by atoms with Crippen LogP contribution in [0.4, 0.5) is 0 Å². The predicted molar refractivity (Wildman–Crippen MR) is 107 cm³/mol. The number of hydrogen-bond donors (Lipinski definition) is 1. The normalized spacial score (nSPS) is 34.4. The smallest absolute Gasteiger partial charge is 0.223 e. The second-order valence-electron chi connectivity index (χ2n) is 8.92. The molecule has 0 aliphatic heterocycles. The zero-order valence-electron chi connectivity index (χ0n) is 15.5. The van der Waals surface area contributed by atoms with E-state index in [2.05, 4.69) is 66.0 Å². The standard InChI is InChI=1S/C25H25NO/c27-25(22-12-15-9-10-16(22)11-15)26-14-17-13-23-18-5-1-3-7-20(18)24(17)21-8-4-2-6-19(21)23/h1-10,15-17,22-24H,11-14H2,(H,26,27)/t15-,16-,17-,22-,23?,24?/m0/s1. The molecular weight excluding hydrogens is 330 g/mol. The summed E-state index contributed by atoms with van der Waals surface area (Å²) in [6.07, 6.45) is 7.97. The number of hydrogen-bond acceptors (Lipinski definition) is 1. The molecule has 1 N–H and O–H groups in total. The minimum Gasteiger partial charge on any atom is -0.356 e. The number of carbonyl (C=O) groups excluding carboxylic acids is 1. The summed E-state index contributed by atoms with van der Waals surface area (Å²) < 4.78 is 0. The summed E-state index contributed by atoms with van der Waals surface area (Å²) in [7, 11) is 0. The summed E-state index contributed by atoms with van der Waals surface area (Å²) in [4.78, 5) is 12.8. The average molecular weight is 355 g/mol. The Kier molecular flexibility index (Phi) is 3.38. The van der Waals surface area contributed by atoms with Gasteiger partial charge in [-0.1, -0.05) is 60.7 Å². The minimum absolute atomic E-state index is 0.209. The van der Waals surface area contributed by atoms with Crippen LogP contribution in [0.3, 0.4) is 0 Å². The van der Waals surface area contributed by atoms with E-state index >= 15 is 0 Å². The third-order valence-corrected chi connectivity index (χ3v) is 7.58. The average Bonchev–Trinajstić information content (AvgIpc) is 3.36. The van der Waals surface area contributed by atoms with Crippen molar-refractivity contribution < 1.29 is 4.79 Å². The van der Waals surface area contributed by atoms with E-state index in [9.17, 15) is 4.79 Å². The van der Waals surface area contributed by atoms with Crippen molar-refractivity contribution in [3.05, 3.63) is 82.9 Å². The van der Waals surface area contributed by atoms with Crippen LogP contribution in [0, 0.1) is 23.7 Å². The van der Waals surface area contributed by atoms with E-state index in [-0.39, 0.29) is 11.8 Å². The van der Waals surface area contributed by atoms with E-state index < -0.39 is 0 Å². The highest BCUT2D eigenvalue weighted by molar-refractivity contribution is 5.80. The van der Waals surface area contributed by atoms with Gasteiger partial charge in [0.2, 0.25) is 5.91 Å². The van der Waals surface area contributed by atoms with Crippen LogP contribution in [-0.4, -0.2) is 12.5 Å². The number of rotatable bonds is 3. The number of benzene rings is 2. The SMILES string of the molecule is O=C(NC[C@@H]1CC2c3ccccc3C1c1ccccc12)[C@H]1C[C@H]2C=C[C@H]1C2. The van der Waals surface area contributed by atoms with Gasteiger partial charge in [-0.15, -0.1) is 0 Å². The summed E-state index contributed by atoms with van der Waals surface area (Å²) in [5, 5.41) is 3.35. The van der Waals surface area contributed by atoms with Crippen LogP contribution >= 0.6 is 0 Å². The van der Waals surface area contributed by atoms with Gasteiger partial charge in [0.05, 0.1) is 0 Å². The van der Waals surface area contributed by atoms with Crippen LogP contribution in [0.1, 0.15) is 53.4 Å². The van der Waals surface area contributed by atoms with Gasteiger partial charge in [-0.2, -0.15) is 0 Å². The fourth-order valence-corrected chi connectivity index (χ4v) is 6.40. The fourth-order valence-electron chi connectivity index (χ4n) is 6.40. The molecule has 1 fully saturated rings. The third kappa shape index (κ3) is 2.29. The summed E-state index contributed by atoms with van der Waals surface area (Å²) in [6, 6.07) is 17.9. The van der Waals surface area contributed by atoms with Gasteiger partial charge >= 0.3 is 0 Å². The zero-order chi connectivity index (χ0) is 18.0. The third-order valence-electron chi connectivity index (χ3n) is 7.58. The number of nitrogens with one attached hydrogen (secondary N) is 1. The van der Waals surface area contributed by atoms with E-state index in [4.69, 9.17) is 0 Å². The molecule has 0 heterocycles. The molecule has 7 rings (SSSR count). The molecule has 5 aliphatic carbocycles. The molecule has 1 saturated carbocycles. The molecule has 2 heteroatoms. The number of fused-ring (bicyclic) bond motifs is 3. The topological polar surface area (TPSA) is 29.1 Å². The highest BCUT2D eigenvalue weighted by Gasteiger charge is 2.44. The first-order valence-corrected chi connectivity index (χ1v) is 10.4. The van der Waals surface area contributed by atoms with E-state index in [1.807, 2.05) is 0 Å². The van der Waals surface area contributed by atoms with Gasteiger partial charge in [0, 0.05) is 24.3 Å². The molecule has 0 aromatic heterocycles. The Balaban J connectivity index is 1.26. The number of allylic oxidation sites excluding steroid dienone is 2. The van der Waals surface area contributed by atoms with Crippen molar-refractivity contribution in [2.75, 3.05) is 6.54 Å². The van der Waals surface area contributed by atoms with Crippen molar-refractivity contribution in [2.24, 2.45) is 23.7 Å². The summed E-state index contributed by atoms with van der Waals surface area (Å²) in [6.45, 7) is 0.806. The lowest BCUT2D eigenvalue weighted by molar-refractivity contribution is -0.125. The van der Waals surface area contributed by atoms with Crippen LogP contribution in [0.15, 0.2) is 60.7 Å². The fraction of sp³-hybridized carbons (Fsp3) is 0.400. The molecule has 2 aromatic carbocycles. The van der Waals surface area contributed by atoms with Crippen LogP contribution in [-0.2, 0) is 4.79 Å². The van der Waals surface area contributed by atoms with Crippen LogP contribution in [0.2, 0.25) is 0 Å². The minimum atomic E-state index is 0.209. The lowest BCUT2D eigenvalue weighted by atomic mass is 9.59. The van der Waals surface area contributed by atoms with Gasteiger partial charge in [0.25, 0.3) is 0 Å². The molecular formula is C25H25NO. The molecule has 5 aliphatic rings. The summed E-state index contributed by atoms with van der Waals surface area (Å²) in [5.41, 5.74) is 5.97. The molecule has 4 atom stereocenters. The van der Waals surface area contributed by atoms with Crippen molar-refractivity contribution in [2.45, 2.75) is 31.1 Å². The van der Waals surface area contributed by atoms with Crippen LogP contribution in [0.5, 0.6) is 0 Å². The molecule has 0 saturated heterocycles. The molecule has 1 amide bonds. The quantitative estimate of drug-likeness (QED) is 0.800. The first-order valence-electron chi connectivity index (χ1n) is 10.4. The first-order chi connectivity index (χ1) is 13.3. The van der Waals surface area contributed by atoms with Gasteiger partial charge in [-0.3, -0.25) is 4.79 Å². The molecule has 0 radical (unpaired) electrons. The van der Waals surface area contributed by atoms with Crippen molar-refractivity contribution in [1.82, 2.24) is 5.32 Å². The number of carbonyl (C=O) groups is 1. The maximum Gasteiger partial charge on any atom is 0.223 e. The van der Waals surface area contributed by atoms with E-state index in [0.717, 1.165) is 19.4 Å². The highest BCUT2D eigenvalue weighted by Crippen LogP contribution is 2.55. The monoisotopic (exact) mass is 355 g/mol. The predicted octanol–water partition coefficient (Wildman–Crippen LogP) is 4.61. The Morgan fingerprint density at radius 3 is 2.11 bits per heavy atom. The molecule has 2 nitrogen and oxygen atoms in total. The maximum absolute atomic E-state index is 12.8. The van der Waals surface area contributed by atoms with E-state index in [0.29, 0.717) is 29.6 Å². The summed E-state index contributed by atoms with van der Waals surface area (Å²) in [5.74, 6) is 3.03. The lowest BCUT2D eigenvalue weighted by Gasteiger charge is -2.45. The summed E-state index contributed by atoms with van der Waals surface area (Å²) >= 11 is 0. The Hall–Kier alpha value is -2.35. The lowest BCUT2D eigenvalue weighted by Crippen LogP contribution is -2.41. The van der Waals surface area contributed by atoms with Crippen molar-refractivity contribution in [3.8, 4) is 0 Å². The Morgan fingerprint density at radius 2 is 1.52 bits per heavy atom. The molecule has 27 heavy (non-hydrogen) atoms. The largest absolute Gasteiger partial charge is 0.356 e. The second kappa shape index (κ2) is 5.82. The maximum atomic E-state index is 12.8. The van der Waals surface area contributed by atoms with Gasteiger partial charge in [0.1, 0.15) is 0 Å².